The van der Waals surface area contributed by atoms with Gasteiger partial charge in [0.05, 0.1) is 18.6 Å². The van der Waals surface area contributed by atoms with Gasteiger partial charge in [-0.05, 0) is 50.3 Å². The lowest BCUT2D eigenvalue weighted by atomic mass is 9.85. The van der Waals surface area contributed by atoms with Crippen LogP contribution in [0.3, 0.4) is 0 Å². The van der Waals surface area contributed by atoms with Gasteiger partial charge in [0.15, 0.2) is 0 Å². The van der Waals surface area contributed by atoms with E-state index in [1.54, 1.807) is 17.0 Å². The molecule has 0 aromatic heterocycles. The van der Waals surface area contributed by atoms with Gasteiger partial charge < -0.3 is 10.1 Å². The number of nitrogens with one attached hydrogen (secondary N) is 1. The van der Waals surface area contributed by atoms with E-state index in [0.717, 1.165) is 11.3 Å². The maximum Gasteiger partial charge on any atom is 0.234 e. The summed E-state index contributed by atoms with van der Waals surface area (Å²) in [6.45, 7) is 6.54. The lowest BCUT2D eigenvalue weighted by molar-refractivity contribution is -0.129. The minimum atomic E-state index is -0.669. The summed E-state index contributed by atoms with van der Waals surface area (Å²) in [6, 6.07) is 6.83. The van der Waals surface area contributed by atoms with Crippen LogP contribution in [0.5, 0.6) is 0 Å². The van der Waals surface area contributed by atoms with Crippen LogP contribution in [0.1, 0.15) is 19.8 Å². The standard InChI is InChI=1S/C21H31ClN2O3S/c1-15(2)20-18(9-10-19(25)23-20)21(26)24(14-27-11-12-28(3,4)5)17-8-6-7-16(22)13-17/h6-8,13,18,20H,1,9-12,14H2,2-5H3,(H,23,25). The van der Waals surface area contributed by atoms with E-state index < -0.39 is 10.0 Å². The topological polar surface area (TPSA) is 58.6 Å². The Balaban J connectivity index is 2.20. The molecule has 1 aliphatic rings. The largest absolute Gasteiger partial charge is 0.360 e. The molecule has 156 valence electrons. The molecule has 28 heavy (non-hydrogen) atoms. The molecule has 0 aliphatic carbocycles. The molecule has 1 saturated heterocycles. The second-order valence-corrected chi connectivity index (χ2v) is 13.1. The summed E-state index contributed by atoms with van der Waals surface area (Å²) in [5.41, 5.74) is 1.47. The zero-order valence-corrected chi connectivity index (χ0v) is 18.7. The Morgan fingerprint density at radius 1 is 1.39 bits per heavy atom. The molecule has 0 saturated carbocycles. The third-order valence-electron chi connectivity index (χ3n) is 4.70. The number of carbonyl (C=O) groups is 2. The van der Waals surface area contributed by atoms with Crippen molar-refractivity contribution in [3.05, 3.63) is 41.4 Å². The van der Waals surface area contributed by atoms with Gasteiger partial charge in [0.1, 0.15) is 6.73 Å². The molecule has 5 nitrogen and oxygen atoms in total. The van der Waals surface area contributed by atoms with Crippen LogP contribution in [0.15, 0.2) is 36.4 Å². The Bertz CT molecular complexity index is 733. The normalized spacial score (nSPS) is 20.4. The molecule has 2 amide bonds. The molecular weight excluding hydrogens is 396 g/mol. The highest BCUT2D eigenvalue weighted by Gasteiger charge is 2.37. The molecule has 1 N–H and O–H groups in total. The molecule has 1 heterocycles. The van der Waals surface area contributed by atoms with E-state index in [9.17, 15) is 9.59 Å². The molecule has 1 aliphatic heterocycles. The van der Waals surface area contributed by atoms with E-state index in [2.05, 4.69) is 30.7 Å². The van der Waals surface area contributed by atoms with Crippen molar-refractivity contribution in [2.45, 2.75) is 25.8 Å². The van der Waals surface area contributed by atoms with Gasteiger partial charge in [0, 0.05) is 22.9 Å². The number of piperidine rings is 1. The number of amides is 2. The minimum absolute atomic E-state index is 0.0456. The Labute approximate surface area is 174 Å². The fourth-order valence-electron chi connectivity index (χ4n) is 3.11. The smallest absolute Gasteiger partial charge is 0.234 e. The van der Waals surface area contributed by atoms with Gasteiger partial charge in [-0.3, -0.25) is 14.5 Å². The molecule has 2 rings (SSSR count). The quantitative estimate of drug-likeness (QED) is 0.390. The SMILES string of the molecule is C=C(C)C1NC(=O)CCC1C(=O)N(COCCS(C)(C)C)c1cccc(Cl)c1. The van der Waals surface area contributed by atoms with Crippen LogP contribution in [0.25, 0.3) is 0 Å². The van der Waals surface area contributed by atoms with Crippen molar-refractivity contribution in [2.24, 2.45) is 5.92 Å². The van der Waals surface area contributed by atoms with Crippen LogP contribution in [0, 0.1) is 5.92 Å². The fraction of sp³-hybridized carbons (Fsp3) is 0.524. The van der Waals surface area contributed by atoms with Gasteiger partial charge >= 0.3 is 0 Å². The first kappa shape index (κ1) is 22.8. The van der Waals surface area contributed by atoms with Crippen LogP contribution >= 0.6 is 21.6 Å². The zero-order chi connectivity index (χ0) is 20.9. The second kappa shape index (κ2) is 9.81. The van der Waals surface area contributed by atoms with Gasteiger partial charge in [-0.2, -0.15) is 0 Å². The minimum Gasteiger partial charge on any atom is -0.360 e. The van der Waals surface area contributed by atoms with E-state index >= 15 is 0 Å². The first-order chi connectivity index (χ1) is 13.1. The summed E-state index contributed by atoms with van der Waals surface area (Å²) in [7, 11) is -0.669. The van der Waals surface area contributed by atoms with E-state index in [1.165, 1.54) is 0 Å². The van der Waals surface area contributed by atoms with E-state index in [0.29, 0.717) is 30.2 Å². The zero-order valence-electron chi connectivity index (χ0n) is 17.2. The second-order valence-electron chi connectivity index (χ2n) is 8.12. The highest BCUT2D eigenvalue weighted by atomic mass is 35.5. The maximum absolute atomic E-state index is 13.4. The van der Waals surface area contributed by atoms with E-state index in [-0.39, 0.29) is 30.5 Å². The summed E-state index contributed by atoms with van der Waals surface area (Å²) in [6.07, 6.45) is 7.53. The molecule has 0 spiro atoms. The molecule has 2 unspecified atom stereocenters. The van der Waals surface area contributed by atoms with Crippen LogP contribution in [0.2, 0.25) is 5.02 Å². The number of hydrogen-bond donors (Lipinski definition) is 1. The lowest BCUT2D eigenvalue weighted by Gasteiger charge is -2.35. The molecule has 7 heteroatoms. The molecule has 1 aromatic rings. The van der Waals surface area contributed by atoms with Crippen molar-refractivity contribution >= 4 is 39.1 Å². The van der Waals surface area contributed by atoms with Gasteiger partial charge in [0.2, 0.25) is 11.8 Å². The van der Waals surface area contributed by atoms with Crippen molar-refractivity contribution in [3.8, 4) is 0 Å². The summed E-state index contributed by atoms with van der Waals surface area (Å²) in [4.78, 5) is 26.9. The Morgan fingerprint density at radius 2 is 2.11 bits per heavy atom. The van der Waals surface area contributed by atoms with Crippen LogP contribution < -0.4 is 10.2 Å². The summed E-state index contributed by atoms with van der Waals surface area (Å²) in [5.74, 6) is 0.471. The number of halogens is 1. The number of benzene rings is 1. The Morgan fingerprint density at radius 3 is 2.71 bits per heavy atom. The number of rotatable bonds is 8. The van der Waals surface area contributed by atoms with E-state index in [4.69, 9.17) is 16.3 Å². The number of anilines is 1. The predicted molar refractivity (Wildman–Crippen MR) is 119 cm³/mol. The average molecular weight is 427 g/mol. The van der Waals surface area contributed by atoms with Crippen molar-refractivity contribution in [3.63, 3.8) is 0 Å². The first-order valence-electron chi connectivity index (χ1n) is 9.34. The van der Waals surface area contributed by atoms with Gasteiger partial charge in [0.25, 0.3) is 0 Å². The average Bonchev–Trinajstić information content (AvgIpc) is 2.60. The van der Waals surface area contributed by atoms with Crippen LogP contribution in [-0.2, 0) is 14.3 Å². The van der Waals surface area contributed by atoms with E-state index in [1.807, 2.05) is 19.1 Å². The van der Waals surface area contributed by atoms with Crippen LogP contribution in [-0.4, -0.2) is 55.7 Å². The number of carbonyl (C=O) groups excluding carboxylic acids is 2. The highest BCUT2D eigenvalue weighted by Crippen LogP contribution is 2.34. The predicted octanol–water partition coefficient (Wildman–Crippen LogP) is 3.81. The number of ether oxygens (including phenoxy) is 1. The van der Waals surface area contributed by atoms with Crippen molar-refractivity contribution in [2.75, 3.05) is 42.8 Å². The molecule has 1 fully saturated rings. The molecule has 2 atom stereocenters. The van der Waals surface area contributed by atoms with Crippen molar-refractivity contribution in [1.29, 1.82) is 0 Å². The number of hydrogen-bond acceptors (Lipinski definition) is 3. The Kier molecular flexibility index (Phi) is 7.98. The van der Waals surface area contributed by atoms with Crippen LogP contribution in [0.4, 0.5) is 5.69 Å². The highest BCUT2D eigenvalue weighted by molar-refractivity contribution is 8.32. The summed E-state index contributed by atoms with van der Waals surface area (Å²) < 4.78 is 5.87. The Hall–Kier alpha value is -1.50. The third-order valence-corrected chi connectivity index (χ3v) is 6.32. The van der Waals surface area contributed by atoms with Gasteiger partial charge in [-0.1, -0.05) is 29.8 Å². The molecule has 0 radical (unpaired) electrons. The number of nitrogens with zero attached hydrogens (tertiary/aromatic N) is 1. The lowest BCUT2D eigenvalue weighted by Crippen LogP contribution is -2.52. The monoisotopic (exact) mass is 426 g/mol. The van der Waals surface area contributed by atoms with Gasteiger partial charge in [-0.25, -0.2) is 10.0 Å². The first-order valence-corrected chi connectivity index (χ1v) is 12.7. The fourth-order valence-corrected chi connectivity index (χ4v) is 3.91. The molecule has 0 bridgehead atoms. The molecule has 1 aromatic carbocycles. The third kappa shape index (κ3) is 6.54. The molecular formula is C21H31ClN2O3S. The summed E-state index contributed by atoms with van der Waals surface area (Å²) in [5, 5.41) is 3.46. The summed E-state index contributed by atoms with van der Waals surface area (Å²) >= 11 is 6.15. The van der Waals surface area contributed by atoms with Crippen molar-refractivity contribution in [1.82, 2.24) is 5.32 Å². The van der Waals surface area contributed by atoms with Gasteiger partial charge in [-0.15, -0.1) is 0 Å². The maximum atomic E-state index is 13.4. The van der Waals surface area contributed by atoms with Crippen molar-refractivity contribution < 1.29 is 14.3 Å².